The van der Waals surface area contributed by atoms with Crippen molar-refractivity contribution in [3.05, 3.63) is 36.2 Å². The highest BCUT2D eigenvalue weighted by atomic mass is 16.4. The molecule has 0 atom stereocenters. The third kappa shape index (κ3) is 2.83. The first-order valence-corrected chi connectivity index (χ1v) is 7.12. The van der Waals surface area contributed by atoms with Gasteiger partial charge in [-0.15, -0.1) is 10.2 Å². The summed E-state index contributed by atoms with van der Waals surface area (Å²) in [6.07, 6.45) is -0.119. The number of carbonyl (C=O) groups excluding carboxylic acids is 1. The number of rotatable bonds is 4. The van der Waals surface area contributed by atoms with Gasteiger partial charge in [0.25, 0.3) is 0 Å². The molecule has 1 aliphatic rings. The number of aliphatic carboxylic acids is 1. The van der Waals surface area contributed by atoms with Crippen LogP contribution in [0.15, 0.2) is 30.3 Å². The fraction of sp³-hybridized carbons (Fsp3) is 0.333. The molecule has 7 heteroatoms. The molecule has 1 N–H and O–H groups in total. The van der Waals surface area contributed by atoms with Crippen LogP contribution in [0, 0.1) is 0 Å². The Morgan fingerprint density at radius 1 is 1.09 bits per heavy atom. The van der Waals surface area contributed by atoms with Gasteiger partial charge in [0, 0.05) is 25.1 Å². The molecule has 22 heavy (non-hydrogen) atoms. The van der Waals surface area contributed by atoms with E-state index in [2.05, 4.69) is 10.2 Å². The molecule has 1 amide bonds. The van der Waals surface area contributed by atoms with E-state index in [0.29, 0.717) is 19.6 Å². The minimum absolute atomic E-state index is 0.0228. The van der Waals surface area contributed by atoms with E-state index in [0.717, 1.165) is 17.2 Å². The maximum Gasteiger partial charge on any atom is 0.303 e. The molecular weight excluding hydrogens is 284 g/mol. The number of nitrogens with zero attached hydrogens (tertiary/aromatic N) is 4. The van der Waals surface area contributed by atoms with E-state index in [9.17, 15) is 9.59 Å². The minimum Gasteiger partial charge on any atom is -0.481 e. The fourth-order valence-electron chi connectivity index (χ4n) is 2.54. The summed E-state index contributed by atoms with van der Waals surface area (Å²) in [5.74, 6) is 0.416. The predicted octanol–water partition coefficient (Wildman–Crippen LogP) is 1.15. The maximum absolute atomic E-state index is 12.0. The van der Waals surface area contributed by atoms with Crippen LogP contribution in [-0.2, 0) is 22.7 Å². The molecule has 0 spiro atoms. The Bertz CT molecular complexity index is 696. The molecule has 2 aromatic rings. The van der Waals surface area contributed by atoms with Crippen LogP contribution in [0.4, 0.5) is 0 Å². The van der Waals surface area contributed by atoms with Gasteiger partial charge in [0.1, 0.15) is 0 Å². The van der Waals surface area contributed by atoms with E-state index >= 15 is 0 Å². The zero-order chi connectivity index (χ0) is 15.5. The number of carboxylic acid groups (broad SMARTS) is 1. The van der Waals surface area contributed by atoms with Crippen molar-refractivity contribution in [1.82, 2.24) is 19.7 Å². The van der Waals surface area contributed by atoms with Crippen LogP contribution < -0.4 is 0 Å². The van der Waals surface area contributed by atoms with Crippen molar-refractivity contribution in [2.75, 3.05) is 6.54 Å². The predicted molar refractivity (Wildman–Crippen MR) is 77.7 cm³/mol. The molecule has 0 saturated carbocycles. The monoisotopic (exact) mass is 300 g/mol. The number of amides is 1. The average molecular weight is 300 g/mol. The Labute approximate surface area is 127 Å². The molecule has 0 bridgehead atoms. The number of carbonyl (C=O) groups is 2. The Morgan fingerprint density at radius 2 is 1.86 bits per heavy atom. The molecule has 3 rings (SSSR count). The Kier molecular flexibility index (Phi) is 3.86. The standard InChI is InChI=1S/C15H16N4O3/c20-13(6-7-14(21)22)18-8-9-19-12(10-18)16-17-15(19)11-4-2-1-3-5-11/h1-5H,6-10H2,(H,21,22). The van der Waals surface area contributed by atoms with E-state index in [4.69, 9.17) is 5.11 Å². The summed E-state index contributed by atoms with van der Waals surface area (Å²) in [5, 5.41) is 17.0. The van der Waals surface area contributed by atoms with Crippen LogP contribution in [0.2, 0.25) is 0 Å². The number of carboxylic acids is 1. The SMILES string of the molecule is O=C(O)CCC(=O)N1CCn2c(nnc2-c2ccccc2)C1. The second-order valence-corrected chi connectivity index (χ2v) is 5.17. The quantitative estimate of drug-likeness (QED) is 0.915. The third-order valence-corrected chi connectivity index (χ3v) is 3.69. The van der Waals surface area contributed by atoms with Crippen LogP contribution >= 0.6 is 0 Å². The van der Waals surface area contributed by atoms with Gasteiger partial charge in [0.15, 0.2) is 11.6 Å². The Hall–Kier alpha value is -2.70. The van der Waals surface area contributed by atoms with E-state index in [1.165, 1.54) is 0 Å². The zero-order valence-corrected chi connectivity index (χ0v) is 12.0. The van der Waals surface area contributed by atoms with Crippen LogP contribution in [0.5, 0.6) is 0 Å². The summed E-state index contributed by atoms with van der Waals surface area (Å²) in [6, 6.07) is 9.78. The van der Waals surface area contributed by atoms with Gasteiger partial charge < -0.3 is 14.6 Å². The minimum atomic E-state index is -0.958. The van der Waals surface area contributed by atoms with Gasteiger partial charge in [-0.3, -0.25) is 9.59 Å². The molecule has 1 aliphatic heterocycles. The first-order valence-electron chi connectivity index (χ1n) is 7.12. The van der Waals surface area contributed by atoms with Crippen LogP contribution in [0.25, 0.3) is 11.4 Å². The molecule has 7 nitrogen and oxygen atoms in total. The molecule has 114 valence electrons. The van der Waals surface area contributed by atoms with Gasteiger partial charge >= 0.3 is 5.97 Å². The second kappa shape index (κ2) is 5.97. The van der Waals surface area contributed by atoms with E-state index in [1.54, 1.807) is 4.90 Å². The highest BCUT2D eigenvalue weighted by molar-refractivity contribution is 5.80. The van der Waals surface area contributed by atoms with Gasteiger partial charge in [0.2, 0.25) is 5.91 Å². The van der Waals surface area contributed by atoms with E-state index in [1.807, 2.05) is 34.9 Å². The van der Waals surface area contributed by atoms with Crippen LogP contribution in [0.3, 0.4) is 0 Å². The van der Waals surface area contributed by atoms with Gasteiger partial charge in [0.05, 0.1) is 13.0 Å². The number of aromatic nitrogens is 3. The number of fused-ring (bicyclic) bond motifs is 1. The fourth-order valence-corrected chi connectivity index (χ4v) is 2.54. The molecule has 1 aromatic carbocycles. The number of hydrogen-bond donors (Lipinski definition) is 1. The Balaban J connectivity index is 1.74. The van der Waals surface area contributed by atoms with Crippen molar-refractivity contribution in [3.8, 4) is 11.4 Å². The summed E-state index contributed by atoms with van der Waals surface area (Å²) in [7, 11) is 0. The summed E-state index contributed by atoms with van der Waals surface area (Å²) in [5.41, 5.74) is 0.993. The normalized spacial score (nSPS) is 13.7. The molecule has 2 heterocycles. The lowest BCUT2D eigenvalue weighted by Crippen LogP contribution is -2.38. The second-order valence-electron chi connectivity index (χ2n) is 5.17. The van der Waals surface area contributed by atoms with Gasteiger partial charge in [-0.2, -0.15) is 0 Å². The van der Waals surface area contributed by atoms with Gasteiger partial charge in [-0.1, -0.05) is 30.3 Å². The van der Waals surface area contributed by atoms with E-state index in [-0.39, 0.29) is 18.7 Å². The van der Waals surface area contributed by atoms with Crippen molar-refractivity contribution >= 4 is 11.9 Å². The smallest absolute Gasteiger partial charge is 0.303 e. The van der Waals surface area contributed by atoms with Crippen LogP contribution in [-0.4, -0.2) is 43.2 Å². The molecule has 0 saturated heterocycles. The van der Waals surface area contributed by atoms with Crippen molar-refractivity contribution in [1.29, 1.82) is 0 Å². The van der Waals surface area contributed by atoms with Gasteiger partial charge in [-0.25, -0.2) is 0 Å². The van der Waals surface area contributed by atoms with Crippen molar-refractivity contribution in [2.45, 2.75) is 25.9 Å². The zero-order valence-electron chi connectivity index (χ0n) is 12.0. The molecule has 0 aliphatic carbocycles. The molecule has 0 radical (unpaired) electrons. The number of hydrogen-bond acceptors (Lipinski definition) is 4. The van der Waals surface area contributed by atoms with Gasteiger partial charge in [-0.05, 0) is 0 Å². The summed E-state index contributed by atoms with van der Waals surface area (Å²) < 4.78 is 2.01. The van der Waals surface area contributed by atoms with Crippen LogP contribution in [0.1, 0.15) is 18.7 Å². The lowest BCUT2D eigenvalue weighted by molar-refractivity contribution is -0.141. The summed E-state index contributed by atoms with van der Waals surface area (Å²) in [6.45, 7) is 1.53. The third-order valence-electron chi connectivity index (χ3n) is 3.69. The first kappa shape index (κ1) is 14.2. The number of benzene rings is 1. The highest BCUT2D eigenvalue weighted by Gasteiger charge is 2.24. The molecule has 1 aromatic heterocycles. The molecule has 0 fully saturated rings. The highest BCUT2D eigenvalue weighted by Crippen LogP contribution is 2.21. The lowest BCUT2D eigenvalue weighted by Gasteiger charge is -2.27. The largest absolute Gasteiger partial charge is 0.481 e. The Morgan fingerprint density at radius 3 is 2.59 bits per heavy atom. The maximum atomic E-state index is 12.0. The topological polar surface area (TPSA) is 88.3 Å². The van der Waals surface area contributed by atoms with E-state index < -0.39 is 5.97 Å². The summed E-state index contributed by atoms with van der Waals surface area (Å²) in [4.78, 5) is 24.2. The lowest BCUT2D eigenvalue weighted by atomic mass is 10.2. The average Bonchev–Trinajstić information content (AvgIpc) is 2.96. The first-order chi connectivity index (χ1) is 10.6. The molecule has 0 unspecified atom stereocenters. The van der Waals surface area contributed by atoms with Crippen molar-refractivity contribution in [2.24, 2.45) is 0 Å². The van der Waals surface area contributed by atoms with Crippen molar-refractivity contribution < 1.29 is 14.7 Å². The molecular formula is C15H16N4O3. The summed E-state index contributed by atoms with van der Waals surface area (Å²) >= 11 is 0. The van der Waals surface area contributed by atoms with Crippen molar-refractivity contribution in [3.63, 3.8) is 0 Å².